The number of nitrogens with zero attached hydrogens (tertiary/aromatic N) is 1. The number of piperidine rings is 1. The Morgan fingerprint density at radius 1 is 1.45 bits per heavy atom. The van der Waals surface area contributed by atoms with Crippen LogP contribution in [0.1, 0.15) is 26.7 Å². The van der Waals surface area contributed by atoms with Crippen molar-refractivity contribution in [1.29, 1.82) is 0 Å². The van der Waals surface area contributed by atoms with E-state index in [0.29, 0.717) is 37.4 Å². The summed E-state index contributed by atoms with van der Waals surface area (Å²) in [4.78, 5) is 14.5. The normalized spacial score (nSPS) is 22.3. The lowest BCUT2D eigenvalue weighted by molar-refractivity contribution is -0.118. The van der Waals surface area contributed by atoms with Gasteiger partial charge in [0.15, 0.2) is 0 Å². The van der Waals surface area contributed by atoms with E-state index in [1.165, 1.54) is 0 Å². The van der Waals surface area contributed by atoms with E-state index in [9.17, 15) is 4.79 Å². The topological polar surface area (TPSA) is 67.6 Å². The summed E-state index contributed by atoms with van der Waals surface area (Å²) >= 11 is 0. The van der Waals surface area contributed by atoms with Crippen LogP contribution in [-0.4, -0.2) is 43.1 Å². The summed E-state index contributed by atoms with van der Waals surface area (Å²) < 4.78 is 5.54. The minimum Gasteiger partial charge on any atom is -0.492 e. The number of carbonyl (C=O) groups excluding carboxylic acids is 1. The van der Waals surface area contributed by atoms with Crippen molar-refractivity contribution in [3.8, 4) is 5.75 Å². The molecule has 1 saturated heterocycles. The molecule has 2 rings (SSSR count). The molecule has 1 fully saturated rings. The summed E-state index contributed by atoms with van der Waals surface area (Å²) in [6.07, 6.45) is 2.19. The molecule has 0 saturated carbocycles. The van der Waals surface area contributed by atoms with Crippen LogP contribution in [0.5, 0.6) is 5.75 Å². The largest absolute Gasteiger partial charge is 0.492 e. The molecular formula is C17H27N3O2. The van der Waals surface area contributed by atoms with Crippen LogP contribution in [0.2, 0.25) is 0 Å². The average molecular weight is 305 g/mol. The molecular weight excluding hydrogens is 278 g/mol. The highest BCUT2D eigenvalue weighted by Crippen LogP contribution is 2.25. The van der Waals surface area contributed by atoms with Crippen LogP contribution in [0.25, 0.3) is 0 Å². The van der Waals surface area contributed by atoms with Gasteiger partial charge in [-0.15, -0.1) is 0 Å². The second kappa shape index (κ2) is 8.15. The molecule has 3 N–H and O–H groups in total. The number of anilines is 1. The van der Waals surface area contributed by atoms with Crippen LogP contribution in [0.4, 0.5) is 5.69 Å². The van der Waals surface area contributed by atoms with Gasteiger partial charge in [0, 0.05) is 12.6 Å². The molecule has 0 aliphatic carbocycles. The van der Waals surface area contributed by atoms with E-state index >= 15 is 0 Å². The number of nitrogens with one attached hydrogen (secondary N) is 1. The van der Waals surface area contributed by atoms with Gasteiger partial charge in [-0.25, -0.2) is 0 Å². The van der Waals surface area contributed by atoms with E-state index in [-0.39, 0.29) is 5.91 Å². The van der Waals surface area contributed by atoms with E-state index in [1.807, 2.05) is 31.2 Å². The smallest absolute Gasteiger partial charge is 0.238 e. The van der Waals surface area contributed by atoms with Crippen molar-refractivity contribution in [2.75, 3.05) is 31.6 Å². The highest BCUT2D eigenvalue weighted by molar-refractivity contribution is 5.93. The fourth-order valence-corrected chi connectivity index (χ4v) is 2.98. The van der Waals surface area contributed by atoms with Gasteiger partial charge in [0.05, 0.1) is 18.8 Å². The molecule has 2 atom stereocenters. The fourth-order valence-electron chi connectivity index (χ4n) is 2.98. The Kier molecular flexibility index (Phi) is 6.21. The molecule has 1 amide bonds. The van der Waals surface area contributed by atoms with Crippen molar-refractivity contribution < 1.29 is 9.53 Å². The SMILES string of the molecule is CCOc1ccccc1NC(=O)CN1CCC(C)CC1CN. The first-order valence-corrected chi connectivity index (χ1v) is 8.09. The first-order chi connectivity index (χ1) is 10.6. The third kappa shape index (κ3) is 4.45. The molecule has 5 heteroatoms. The maximum atomic E-state index is 12.3. The molecule has 5 nitrogen and oxygen atoms in total. The number of amides is 1. The zero-order valence-electron chi connectivity index (χ0n) is 13.5. The Hall–Kier alpha value is -1.59. The number of hydrogen-bond acceptors (Lipinski definition) is 4. The maximum Gasteiger partial charge on any atom is 0.238 e. The molecule has 1 aromatic carbocycles. The zero-order valence-corrected chi connectivity index (χ0v) is 13.5. The first kappa shape index (κ1) is 16.8. The van der Waals surface area contributed by atoms with Gasteiger partial charge in [-0.05, 0) is 44.4 Å². The number of rotatable bonds is 6. The summed E-state index contributed by atoms with van der Waals surface area (Å²) in [5.41, 5.74) is 6.58. The standard InChI is InChI=1S/C17H27N3O2/c1-3-22-16-7-5-4-6-15(16)19-17(21)12-20-9-8-13(2)10-14(20)11-18/h4-7,13-14H,3,8-12,18H2,1-2H3,(H,19,21). The summed E-state index contributed by atoms with van der Waals surface area (Å²) in [6, 6.07) is 7.82. The Balaban J connectivity index is 1.95. The minimum absolute atomic E-state index is 0.0137. The molecule has 0 aromatic heterocycles. The van der Waals surface area contributed by atoms with Crippen molar-refractivity contribution >= 4 is 11.6 Å². The molecule has 0 bridgehead atoms. The van der Waals surface area contributed by atoms with E-state index in [2.05, 4.69) is 17.1 Å². The lowest BCUT2D eigenvalue weighted by atomic mass is 9.92. The van der Waals surface area contributed by atoms with Crippen LogP contribution in [0.15, 0.2) is 24.3 Å². The Labute approximate surface area is 132 Å². The molecule has 22 heavy (non-hydrogen) atoms. The van der Waals surface area contributed by atoms with Crippen LogP contribution < -0.4 is 15.8 Å². The van der Waals surface area contributed by atoms with Gasteiger partial charge in [-0.3, -0.25) is 9.69 Å². The zero-order chi connectivity index (χ0) is 15.9. The monoisotopic (exact) mass is 305 g/mol. The third-order valence-electron chi connectivity index (χ3n) is 4.18. The van der Waals surface area contributed by atoms with Crippen molar-refractivity contribution in [1.82, 2.24) is 4.90 Å². The van der Waals surface area contributed by atoms with E-state index in [4.69, 9.17) is 10.5 Å². The van der Waals surface area contributed by atoms with Gasteiger partial charge in [-0.1, -0.05) is 19.1 Å². The summed E-state index contributed by atoms with van der Waals surface area (Å²) in [5, 5.41) is 2.95. The van der Waals surface area contributed by atoms with Crippen LogP contribution in [0, 0.1) is 5.92 Å². The highest BCUT2D eigenvalue weighted by Gasteiger charge is 2.26. The Morgan fingerprint density at radius 2 is 2.23 bits per heavy atom. The number of para-hydroxylation sites is 2. The number of hydrogen-bond donors (Lipinski definition) is 2. The Bertz CT molecular complexity index is 493. The van der Waals surface area contributed by atoms with Crippen LogP contribution >= 0.6 is 0 Å². The van der Waals surface area contributed by atoms with Gasteiger partial charge >= 0.3 is 0 Å². The van der Waals surface area contributed by atoms with Gasteiger partial charge < -0.3 is 15.8 Å². The van der Waals surface area contributed by atoms with Crippen molar-refractivity contribution in [2.45, 2.75) is 32.7 Å². The second-order valence-electron chi connectivity index (χ2n) is 5.97. The molecule has 1 aliphatic heterocycles. The quantitative estimate of drug-likeness (QED) is 0.844. The van der Waals surface area contributed by atoms with E-state index in [1.54, 1.807) is 0 Å². The predicted molar refractivity (Wildman–Crippen MR) is 89.1 cm³/mol. The maximum absolute atomic E-state index is 12.3. The number of ether oxygens (including phenoxy) is 1. The van der Waals surface area contributed by atoms with Gasteiger partial charge in [-0.2, -0.15) is 0 Å². The number of likely N-dealkylation sites (tertiary alicyclic amines) is 1. The van der Waals surface area contributed by atoms with Crippen molar-refractivity contribution in [3.05, 3.63) is 24.3 Å². The van der Waals surface area contributed by atoms with Crippen molar-refractivity contribution in [2.24, 2.45) is 11.7 Å². The summed E-state index contributed by atoms with van der Waals surface area (Å²) in [5.74, 6) is 1.38. The molecule has 2 unspecified atom stereocenters. The van der Waals surface area contributed by atoms with Crippen molar-refractivity contribution in [3.63, 3.8) is 0 Å². The average Bonchev–Trinajstić information content (AvgIpc) is 2.51. The minimum atomic E-state index is -0.0137. The van der Waals surface area contributed by atoms with Gasteiger partial charge in [0.1, 0.15) is 5.75 Å². The fraction of sp³-hybridized carbons (Fsp3) is 0.588. The summed E-state index contributed by atoms with van der Waals surface area (Å²) in [7, 11) is 0. The number of nitrogens with two attached hydrogens (primary N) is 1. The molecule has 1 aromatic rings. The summed E-state index contributed by atoms with van der Waals surface area (Å²) in [6.45, 7) is 6.68. The van der Waals surface area contributed by atoms with E-state index < -0.39 is 0 Å². The molecule has 1 aliphatic rings. The first-order valence-electron chi connectivity index (χ1n) is 8.09. The van der Waals surface area contributed by atoms with Crippen LogP contribution in [0.3, 0.4) is 0 Å². The number of benzene rings is 1. The molecule has 122 valence electrons. The number of carbonyl (C=O) groups is 1. The Morgan fingerprint density at radius 3 is 2.95 bits per heavy atom. The van der Waals surface area contributed by atoms with Gasteiger partial charge in [0.25, 0.3) is 0 Å². The van der Waals surface area contributed by atoms with Crippen LogP contribution in [-0.2, 0) is 4.79 Å². The van der Waals surface area contributed by atoms with E-state index in [0.717, 1.165) is 25.1 Å². The lowest BCUT2D eigenvalue weighted by Gasteiger charge is -2.37. The van der Waals surface area contributed by atoms with Gasteiger partial charge in [0.2, 0.25) is 5.91 Å². The third-order valence-corrected chi connectivity index (χ3v) is 4.18. The predicted octanol–water partition coefficient (Wildman–Crippen LogP) is 2.08. The molecule has 0 spiro atoms. The lowest BCUT2D eigenvalue weighted by Crippen LogP contribution is -2.49. The highest BCUT2D eigenvalue weighted by atomic mass is 16.5. The molecule has 0 radical (unpaired) electrons. The molecule has 1 heterocycles. The second-order valence-corrected chi connectivity index (χ2v) is 5.97.